The van der Waals surface area contributed by atoms with E-state index in [1.54, 1.807) is 42.6 Å². The Morgan fingerprint density at radius 3 is 2.58 bits per heavy atom. The number of benzene rings is 2. The number of hydrogen-bond donors (Lipinski definition) is 4. The summed E-state index contributed by atoms with van der Waals surface area (Å²) in [5, 5.41) is 15.9. The van der Waals surface area contributed by atoms with E-state index in [4.69, 9.17) is 5.73 Å². The van der Waals surface area contributed by atoms with Crippen LogP contribution in [-0.2, 0) is 0 Å². The lowest BCUT2D eigenvalue weighted by Gasteiger charge is -2.10. The number of nitrogens with zero attached hydrogens (tertiary/aromatic N) is 2. The normalized spacial score (nSPS) is 9.88. The van der Waals surface area contributed by atoms with Crippen LogP contribution in [0.3, 0.4) is 0 Å². The molecule has 0 saturated heterocycles. The maximum atomic E-state index is 11.2. The third-order valence-electron chi connectivity index (χ3n) is 3.54. The van der Waals surface area contributed by atoms with Crippen molar-refractivity contribution in [1.82, 2.24) is 9.97 Å². The molecule has 0 fully saturated rings. The molecule has 26 heavy (non-hydrogen) atoms. The van der Waals surface area contributed by atoms with Gasteiger partial charge in [-0.2, -0.15) is 4.98 Å². The summed E-state index contributed by atoms with van der Waals surface area (Å²) in [6.45, 7) is 1.83. The molecule has 0 spiro atoms. The lowest BCUT2D eigenvalue weighted by Crippen LogP contribution is -3.00. The fourth-order valence-corrected chi connectivity index (χ4v) is 2.20. The number of halogens is 1. The number of phenols is 1. The van der Waals surface area contributed by atoms with Crippen molar-refractivity contribution in [2.45, 2.75) is 6.92 Å². The molecule has 0 bridgehead atoms. The highest BCUT2D eigenvalue weighted by Crippen LogP contribution is 2.23. The summed E-state index contributed by atoms with van der Waals surface area (Å²) in [6, 6.07) is 13.8. The minimum Gasteiger partial charge on any atom is -1.00 e. The number of carbonyl (C=O) groups is 1. The maximum Gasteiger partial charge on any atom is 0.248 e. The van der Waals surface area contributed by atoms with Gasteiger partial charge in [0, 0.05) is 29.2 Å². The van der Waals surface area contributed by atoms with Crippen molar-refractivity contribution in [2.75, 3.05) is 10.6 Å². The molecule has 0 aliphatic heterocycles. The molecule has 0 atom stereocenters. The number of aromatic hydroxyl groups is 1. The molecule has 0 unspecified atom stereocenters. The van der Waals surface area contributed by atoms with Crippen LogP contribution in [0.25, 0.3) is 0 Å². The summed E-state index contributed by atoms with van der Waals surface area (Å²) in [6.07, 6.45) is 1.60. The average Bonchev–Trinajstić information content (AvgIpc) is 2.59. The number of aryl methyl sites for hydroxylation is 1. The highest BCUT2D eigenvalue weighted by atomic mass is 35.5. The van der Waals surface area contributed by atoms with E-state index in [9.17, 15) is 9.90 Å². The van der Waals surface area contributed by atoms with E-state index in [2.05, 4.69) is 20.6 Å². The summed E-state index contributed by atoms with van der Waals surface area (Å²) in [5.74, 6) is 0.634. The van der Waals surface area contributed by atoms with Crippen LogP contribution in [0.5, 0.6) is 5.75 Å². The number of aromatic nitrogens is 2. The molecule has 7 nitrogen and oxygen atoms in total. The lowest BCUT2D eigenvalue weighted by molar-refractivity contribution is -0.0000144. The van der Waals surface area contributed by atoms with Gasteiger partial charge in [0.15, 0.2) is 0 Å². The second kappa shape index (κ2) is 8.17. The number of nitrogens with two attached hydrogens (primary N) is 1. The number of anilines is 4. The van der Waals surface area contributed by atoms with Crippen molar-refractivity contribution < 1.29 is 22.3 Å². The van der Waals surface area contributed by atoms with Crippen molar-refractivity contribution >= 4 is 29.0 Å². The fraction of sp³-hybridized carbons (Fsp3) is 0.0556. The minimum atomic E-state index is -0.501. The summed E-state index contributed by atoms with van der Waals surface area (Å²) in [5.41, 5.74) is 7.84. The van der Waals surface area contributed by atoms with Gasteiger partial charge in [-0.1, -0.05) is 12.1 Å². The maximum absolute atomic E-state index is 11.2. The molecule has 1 aromatic heterocycles. The number of carbonyl (C=O) groups excluding carboxylic acids is 1. The molecular formula is C18H17ClN5O2-. The molecule has 0 aliphatic carbocycles. The second-order valence-electron chi connectivity index (χ2n) is 5.46. The summed E-state index contributed by atoms with van der Waals surface area (Å²) < 4.78 is 0. The van der Waals surface area contributed by atoms with Gasteiger partial charge in [0.05, 0.1) is 0 Å². The molecule has 2 aromatic carbocycles. The van der Waals surface area contributed by atoms with Gasteiger partial charge in [-0.3, -0.25) is 4.79 Å². The number of phenolic OH excluding ortho intramolecular Hbond substituents is 1. The SMILES string of the molecule is Cc1ccc(Nc2ccnc(Nc3cccc(C(N)=O)c3)n2)cc1O.[Cl-]. The second-order valence-corrected chi connectivity index (χ2v) is 5.46. The van der Waals surface area contributed by atoms with Crippen LogP contribution in [0.1, 0.15) is 15.9 Å². The molecule has 0 saturated carbocycles. The van der Waals surface area contributed by atoms with Gasteiger partial charge >= 0.3 is 0 Å². The number of primary amides is 1. The standard InChI is InChI=1S/C18H17N5O2.ClH/c1-11-5-6-14(10-15(11)24)21-16-7-8-20-18(23-16)22-13-4-2-3-12(9-13)17(19)25;/h2-10,24H,1H3,(H2,19,25)(H2,20,21,22,23);1H/p-1. The van der Waals surface area contributed by atoms with Gasteiger partial charge in [0.25, 0.3) is 0 Å². The first kappa shape index (κ1) is 19.0. The van der Waals surface area contributed by atoms with Gasteiger partial charge < -0.3 is 33.9 Å². The Bertz CT molecular complexity index is 933. The molecule has 3 aromatic rings. The predicted molar refractivity (Wildman–Crippen MR) is 96.4 cm³/mol. The van der Waals surface area contributed by atoms with Gasteiger partial charge in [-0.25, -0.2) is 4.98 Å². The van der Waals surface area contributed by atoms with Crippen LogP contribution in [0.4, 0.5) is 23.1 Å². The Morgan fingerprint density at radius 1 is 1.08 bits per heavy atom. The number of rotatable bonds is 5. The molecule has 1 heterocycles. The molecule has 0 radical (unpaired) electrons. The van der Waals surface area contributed by atoms with Gasteiger partial charge in [-0.15, -0.1) is 0 Å². The Balaban J connectivity index is 0.00000243. The van der Waals surface area contributed by atoms with Crippen LogP contribution in [0, 0.1) is 6.92 Å². The molecular weight excluding hydrogens is 354 g/mol. The van der Waals surface area contributed by atoms with Gasteiger partial charge in [0.2, 0.25) is 11.9 Å². The van der Waals surface area contributed by atoms with E-state index in [1.165, 1.54) is 0 Å². The van der Waals surface area contributed by atoms with Gasteiger partial charge in [0.1, 0.15) is 11.6 Å². The Morgan fingerprint density at radius 2 is 1.85 bits per heavy atom. The first-order valence-corrected chi connectivity index (χ1v) is 7.58. The quantitative estimate of drug-likeness (QED) is 0.506. The number of amides is 1. The zero-order valence-corrected chi connectivity index (χ0v) is 14.7. The molecule has 1 amide bonds. The van der Waals surface area contributed by atoms with E-state index in [0.717, 1.165) is 5.56 Å². The topological polar surface area (TPSA) is 113 Å². The molecule has 0 aliphatic rings. The molecule has 3 rings (SSSR count). The van der Waals surface area contributed by atoms with Gasteiger partial charge in [-0.05, 0) is 42.8 Å². The first-order valence-electron chi connectivity index (χ1n) is 7.58. The third-order valence-corrected chi connectivity index (χ3v) is 3.54. The first-order chi connectivity index (χ1) is 12.0. The monoisotopic (exact) mass is 370 g/mol. The highest BCUT2D eigenvalue weighted by Gasteiger charge is 2.05. The number of hydrogen-bond acceptors (Lipinski definition) is 6. The highest BCUT2D eigenvalue weighted by molar-refractivity contribution is 5.93. The van der Waals surface area contributed by atoms with E-state index in [0.29, 0.717) is 28.7 Å². The van der Waals surface area contributed by atoms with E-state index in [1.807, 2.05) is 19.1 Å². The third kappa shape index (κ3) is 4.61. The van der Waals surface area contributed by atoms with Crippen LogP contribution >= 0.6 is 0 Å². The van der Waals surface area contributed by atoms with E-state index in [-0.39, 0.29) is 18.2 Å². The van der Waals surface area contributed by atoms with E-state index < -0.39 is 5.91 Å². The molecule has 5 N–H and O–H groups in total. The Labute approximate surface area is 156 Å². The molecule has 8 heteroatoms. The Kier molecular flexibility index (Phi) is 5.98. The summed E-state index contributed by atoms with van der Waals surface area (Å²) in [4.78, 5) is 19.8. The van der Waals surface area contributed by atoms with Crippen molar-refractivity contribution in [3.05, 3.63) is 65.9 Å². The van der Waals surface area contributed by atoms with Crippen LogP contribution in [0.2, 0.25) is 0 Å². The van der Waals surface area contributed by atoms with Crippen molar-refractivity contribution in [1.29, 1.82) is 0 Å². The van der Waals surface area contributed by atoms with Crippen LogP contribution < -0.4 is 28.8 Å². The predicted octanol–water partition coefficient (Wildman–Crippen LogP) is 0.0807. The van der Waals surface area contributed by atoms with Crippen molar-refractivity contribution in [3.63, 3.8) is 0 Å². The Hall–Kier alpha value is -3.32. The largest absolute Gasteiger partial charge is 1.00 e. The van der Waals surface area contributed by atoms with Crippen LogP contribution in [-0.4, -0.2) is 21.0 Å². The average molecular weight is 371 g/mol. The summed E-state index contributed by atoms with van der Waals surface area (Å²) >= 11 is 0. The smallest absolute Gasteiger partial charge is 0.248 e. The van der Waals surface area contributed by atoms with Crippen molar-refractivity contribution in [3.8, 4) is 5.75 Å². The lowest BCUT2D eigenvalue weighted by atomic mass is 10.2. The van der Waals surface area contributed by atoms with Crippen molar-refractivity contribution in [2.24, 2.45) is 5.73 Å². The van der Waals surface area contributed by atoms with Crippen LogP contribution in [0.15, 0.2) is 54.7 Å². The molecule has 134 valence electrons. The zero-order valence-electron chi connectivity index (χ0n) is 13.9. The zero-order chi connectivity index (χ0) is 17.8. The summed E-state index contributed by atoms with van der Waals surface area (Å²) in [7, 11) is 0. The van der Waals surface area contributed by atoms with E-state index >= 15 is 0 Å². The minimum absolute atomic E-state index is 0. The fourth-order valence-electron chi connectivity index (χ4n) is 2.20. The number of nitrogens with one attached hydrogen (secondary N) is 2.